The molecule has 9 heteroatoms. The number of aromatic amines is 1. The lowest BCUT2D eigenvalue weighted by Crippen LogP contribution is -2.37. The molecule has 1 aromatic heterocycles. The maximum atomic E-state index is 13.1. The summed E-state index contributed by atoms with van der Waals surface area (Å²) in [5.74, 6) is -0.598. The van der Waals surface area contributed by atoms with Gasteiger partial charge in [0.1, 0.15) is 5.69 Å². The van der Waals surface area contributed by atoms with Crippen molar-refractivity contribution in [2.45, 2.75) is 31.1 Å². The molecule has 0 radical (unpaired) electrons. The number of sulfonamides is 1. The Morgan fingerprint density at radius 1 is 0.944 bits per heavy atom. The Labute approximate surface area is 210 Å². The number of imide groups is 1. The minimum atomic E-state index is -3.85. The first-order chi connectivity index (χ1) is 16.9. The molecular formula is C27H28N4O4S. The number of carbonyl (C=O) groups excluding carboxylic acids is 2. The second-order valence-electron chi connectivity index (χ2n) is 9.58. The van der Waals surface area contributed by atoms with Crippen LogP contribution in [-0.2, 0) is 15.4 Å². The van der Waals surface area contributed by atoms with Crippen molar-refractivity contribution in [3.05, 3.63) is 84.1 Å². The summed E-state index contributed by atoms with van der Waals surface area (Å²) >= 11 is 0. The van der Waals surface area contributed by atoms with Crippen LogP contribution in [0.5, 0.6) is 0 Å². The molecule has 0 fully saturated rings. The first kappa shape index (κ1) is 25.0. The van der Waals surface area contributed by atoms with Crippen LogP contribution in [0.4, 0.5) is 10.5 Å². The molecule has 0 unspecified atom stereocenters. The highest BCUT2D eigenvalue weighted by Gasteiger charge is 2.25. The number of urea groups is 1. The van der Waals surface area contributed by atoms with Gasteiger partial charge in [0.05, 0.1) is 4.90 Å². The molecule has 4 aromatic rings. The van der Waals surface area contributed by atoms with Crippen molar-refractivity contribution in [1.29, 1.82) is 0 Å². The number of nitrogens with two attached hydrogens (primary N) is 1. The summed E-state index contributed by atoms with van der Waals surface area (Å²) in [6, 6.07) is 20.0. The molecule has 0 saturated heterocycles. The summed E-state index contributed by atoms with van der Waals surface area (Å²) in [4.78, 5) is 28.7. The highest BCUT2D eigenvalue weighted by atomic mass is 32.2. The van der Waals surface area contributed by atoms with Gasteiger partial charge in [0, 0.05) is 29.2 Å². The van der Waals surface area contributed by atoms with Crippen molar-refractivity contribution in [3.8, 4) is 11.1 Å². The van der Waals surface area contributed by atoms with Gasteiger partial charge < -0.3 is 10.7 Å². The molecule has 0 aliphatic carbocycles. The summed E-state index contributed by atoms with van der Waals surface area (Å²) in [6.07, 6.45) is 0. The van der Waals surface area contributed by atoms with Crippen LogP contribution in [0.15, 0.2) is 77.7 Å². The molecule has 3 amide bonds. The van der Waals surface area contributed by atoms with E-state index in [-0.39, 0.29) is 16.0 Å². The molecule has 4 rings (SSSR count). The summed E-state index contributed by atoms with van der Waals surface area (Å²) < 4.78 is 28.8. The van der Waals surface area contributed by atoms with Crippen LogP contribution in [-0.4, -0.2) is 37.3 Å². The van der Waals surface area contributed by atoms with Gasteiger partial charge in [-0.05, 0) is 46.9 Å². The number of hydrogen-bond acceptors (Lipinski definition) is 4. The Morgan fingerprint density at radius 3 is 2.17 bits per heavy atom. The van der Waals surface area contributed by atoms with E-state index in [0.717, 1.165) is 16.0 Å². The Morgan fingerprint density at radius 2 is 1.58 bits per heavy atom. The molecule has 0 spiro atoms. The number of nitrogens with one attached hydrogen (secondary N) is 2. The highest BCUT2D eigenvalue weighted by molar-refractivity contribution is 7.92. The van der Waals surface area contributed by atoms with Gasteiger partial charge in [-0.1, -0.05) is 63.2 Å². The van der Waals surface area contributed by atoms with E-state index in [1.807, 2.05) is 42.5 Å². The second-order valence-corrected chi connectivity index (χ2v) is 11.3. The summed E-state index contributed by atoms with van der Waals surface area (Å²) in [7, 11) is -2.55. The first-order valence-electron chi connectivity index (χ1n) is 11.3. The molecule has 0 saturated carbocycles. The number of benzene rings is 3. The molecule has 1 heterocycles. The molecule has 0 bridgehead atoms. The largest absolute Gasteiger partial charge is 0.351 e. The zero-order valence-corrected chi connectivity index (χ0v) is 21.3. The zero-order valence-electron chi connectivity index (χ0n) is 20.5. The van der Waals surface area contributed by atoms with Crippen molar-refractivity contribution in [3.63, 3.8) is 0 Å². The maximum absolute atomic E-state index is 13.1. The van der Waals surface area contributed by atoms with Crippen molar-refractivity contribution in [2.75, 3.05) is 11.8 Å². The Bertz CT molecular complexity index is 1550. The van der Waals surface area contributed by atoms with E-state index < -0.39 is 22.0 Å². The minimum absolute atomic E-state index is 0.0966. The van der Waals surface area contributed by atoms with Gasteiger partial charge in [0.25, 0.3) is 15.9 Å². The number of rotatable bonds is 5. The normalized spacial score (nSPS) is 11.9. The monoisotopic (exact) mass is 504 g/mol. The molecule has 0 aliphatic heterocycles. The number of H-pyrrole nitrogens is 1. The molecule has 186 valence electrons. The standard InChI is InChI=1S/C27H28N4O4S/c1-27(2,3)18-10-13-20(14-11-18)36(34,35)30-19-12-15-22-21(16-19)23(17-8-6-5-7-9-17)24(29-22)25(32)31(4)26(28)33/h5-16,29-30H,1-4H3,(H2,28,33). The fraction of sp³-hybridized carbons (Fsp3) is 0.185. The summed E-state index contributed by atoms with van der Waals surface area (Å²) in [5.41, 5.74) is 8.63. The molecule has 8 nitrogen and oxygen atoms in total. The average molecular weight is 505 g/mol. The third kappa shape index (κ3) is 4.83. The van der Waals surface area contributed by atoms with E-state index in [0.29, 0.717) is 22.2 Å². The molecule has 4 N–H and O–H groups in total. The Hall–Kier alpha value is -4.11. The fourth-order valence-corrected chi connectivity index (χ4v) is 4.99. The third-order valence-corrected chi connectivity index (χ3v) is 7.39. The smallest absolute Gasteiger partial charge is 0.321 e. The van der Waals surface area contributed by atoms with Gasteiger partial charge in [-0.2, -0.15) is 0 Å². The van der Waals surface area contributed by atoms with Gasteiger partial charge in [0.15, 0.2) is 0 Å². The number of nitrogens with zero attached hydrogens (tertiary/aromatic N) is 1. The number of carbonyl (C=O) groups is 2. The first-order valence-corrected chi connectivity index (χ1v) is 12.8. The van der Waals surface area contributed by atoms with Gasteiger partial charge in [-0.15, -0.1) is 0 Å². The molecule has 3 aromatic carbocycles. The lowest BCUT2D eigenvalue weighted by molar-refractivity contribution is 0.0834. The van der Waals surface area contributed by atoms with Crippen LogP contribution in [0.25, 0.3) is 22.0 Å². The number of fused-ring (bicyclic) bond motifs is 1. The number of primary amides is 1. The lowest BCUT2D eigenvalue weighted by atomic mass is 9.87. The predicted molar refractivity (Wildman–Crippen MR) is 141 cm³/mol. The van der Waals surface area contributed by atoms with Crippen LogP contribution < -0.4 is 10.5 Å². The van der Waals surface area contributed by atoms with Gasteiger partial charge in [0.2, 0.25) is 0 Å². The van der Waals surface area contributed by atoms with Crippen LogP contribution in [0.2, 0.25) is 0 Å². The van der Waals surface area contributed by atoms with Gasteiger partial charge in [-0.25, -0.2) is 13.2 Å². The second kappa shape index (κ2) is 9.16. The van der Waals surface area contributed by atoms with E-state index in [4.69, 9.17) is 5.73 Å². The minimum Gasteiger partial charge on any atom is -0.351 e. The summed E-state index contributed by atoms with van der Waals surface area (Å²) in [6.45, 7) is 6.18. The number of anilines is 1. The molecule has 0 atom stereocenters. The zero-order chi connectivity index (χ0) is 26.3. The molecular weight excluding hydrogens is 476 g/mol. The van der Waals surface area contributed by atoms with Crippen molar-refractivity contribution >= 4 is 38.6 Å². The van der Waals surface area contributed by atoms with E-state index in [9.17, 15) is 18.0 Å². The van der Waals surface area contributed by atoms with Crippen LogP contribution in [0, 0.1) is 0 Å². The Balaban J connectivity index is 1.78. The molecule has 36 heavy (non-hydrogen) atoms. The maximum Gasteiger partial charge on any atom is 0.321 e. The predicted octanol–water partition coefficient (Wildman–Crippen LogP) is 5.08. The van der Waals surface area contributed by atoms with E-state index >= 15 is 0 Å². The van der Waals surface area contributed by atoms with Gasteiger partial charge >= 0.3 is 6.03 Å². The van der Waals surface area contributed by atoms with E-state index in [2.05, 4.69) is 30.5 Å². The third-order valence-electron chi connectivity index (χ3n) is 5.99. The number of amides is 3. The number of hydrogen-bond donors (Lipinski definition) is 3. The van der Waals surface area contributed by atoms with Crippen LogP contribution in [0.3, 0.4) is 0 Å². The van der Waals surface area contributed by atoms with Crippen molar-refractivity contribution < 1.29 is 18.0 Å². The highest BCUT2D eigenvalue weighted by Crippen LogP contribution is 2.35. The van der Waals surface area contributed by atoms with Gasteiger partial charge in [-0.3, -0.25) is 14.4 Å². The Kier molecular flexibility index (Phi) is 6.36. The fourth-order valence-electron chi connectivity index (χ4n) is 3.94. The molecule has 0 aliphatic rings. The van der Waals surface area contributed by atoms with E-state index in [1.165, 1.54) is 7.05 Å². The van der Waals surface area contributed by atoms with E-state index in [1.54, 1.807) is 30.3 Å². The average Bonchev–Trinajstić information content (AvgIpc) is 3.21. The van der Waals surface area contributed by atoms with Crippen molar-refractivity contribution in [2.24, 2.45) is 5.73 Å². The van der Waals surface area contributed by atoms with Crippen molar-refractivity contribution in [1.82, 2.24) is 9.88 Å². The van der Waals surface area contributed by atoms with Crippen LogP contribution in [0.1, 0.15) is 36.8 Å². The quantitative estimate of drug-likeness (QED) is 0.350. The topological polar surface area (TPSA) is 125 Å². The lowest BCUT2D eigenvalue weighted by Gasteiger charge is -2.19. The number of aromatic nitrogens is 1. The SMILES string of the molecule is CN(C(N)=O)C(=O)c1[nH]c2ccc(NS(=O)(=O)c3ccc(C(C)(C)C)cc3)cc2c1-c1ccccc1. The van der Waals surface area contributed by atoms with Crippen LogP contribution >= 0.6 is 0 Å². The summed E-state index contributed by atoms with van der Waals surface area (Å²) in [5, 5.41) is 0.616.